The topological polar surface area (TPSA) is 171 Å². The Balaban J connectivity index is 1.72. The van der Waals surface area contributed by atoms with Crippen LogP contribution in [0.25, 0.3) is 11.2 Å². The zero-order chi connectivity index (χ0) is 18.0. The van der Waals surface area contributed by atoms with E-state index in [0.29, 0.717) is 24.1 Å². The molecule has 0 bridgehead atoms. The fraction of sp³-hybridized carbons (Fsp3) is 0.667. The summed E-state index contributed by atoms with van der Waals surface area (Å²) in [6.07, 6.45) is 2.34. The number of aromatic nitrogens is 4. The van der Waals surface area contributed by atoms with Crippen molar-refractivity contribution in [2.75, 3.05) is 12.3 Å². The second-order valence-electron chi connectivity index (χ2n) is 6.41. The molecule has 1 fully saturated rings. The summed E-state index contributed by atoms with van der Waals surface area (Å²) in [5.74, 6) is 0.246. The highest BCUT2D eigenvalue weighted by Gasteiger charge is 2.44. The minimum Gasteiger partial charge on any atom is -0.388 e. The molecule has 0 radical (unpaired) electrons. The zero-order valence-electron chi connectivity index (χ0n) is 13.9. The highest BCUT2D eigenvalue weighted by molar-refractivity contribution is 5.81. The van der Waals surface area contributed by atoms with Gasteiger partial charge < -0.3 is 32.2 Å². The fourth-order valence-electron chi connectivity index (χ4n) is 3.18. The number of unbranched alkanes of at least 4 members (excludes halogenated alkanes) is 1. The molecule has 1 aliphatic rings. The molecule has 0 unspecified atom stereocenters. The van der Waals surface area contributed by atoms with Gasteiger partial charge in [-0.05, 0) is 25.8 Å². The van der Waals surface area contributed by atoms with Crippen LogP contribution in [0.4, 0.5) is 5.82 Å². The summed E-state index contributed by atoms with van der Waals surface area (Å²) in [4.78, 5) is 12.2. The largest absolute Gasteiger partial charge is 0.388 e. The maximum Gasteiger partial charge on any atom is 0.167 e. The van der Waals surface area contributed by atoms with Crippen LogP contribution in [0.5, 0.6) is 0 Å². The van der Waals surface area contributed by atoms with Gasteiger partial charge in [-0.2, -0.15) is 0 Å². The lowest BCUT2D eigenvalue weighted by molar-refractivity contribution is -0.0387. The Bertz CT molecular complexity index is 709. The minimum atomic E-state index is -1.12. The van der Waals surface area contributed by atoms with Crippen molar-refractivity contribution in [3.63, 3.8) is 0 Å². The number of imidazole rings is 1. The molecule has 10 heteroatoms. The molecule has 5 atom stereocenters. The van der Waals surface area contributed by atoms with Crippen molar-refractivity contribution in [2.45, 2.75) is 56.3 Å². The van der Waals surface area contributed by atoms with Crippen molar-refractivity contribution in [3.8, 4) is 0 Å². The van der Waals surface area contributed by atoms with Crippen molar-refractivity contribution in [1.82, 2.24) is 19.5 Å². The molecule has 3 rings (SSSR count). The number of aliphatic hydroxyl groups excluding tert-OH is 2. The van der Waals surface area contributed by atoms with Crippen molar-refractivity contribution in [2.24, 2.45) is 11.5 Å². The van der Waals surface area contributed by atoms with Gasteiger partial charge >= 0.3 is 0 Å². The van der Waals surface area contributed by atoms with Crippen LogP contribution in [-0.4, -0.2) is 60.6 Å². The van der Waals surface area contributed by atoms with Gasteiger partial charge in [-0.3, -0.25) is 4.57 Å². The summed E-state index contributed by atoms with van der Waals surface area (Å²) >= 11 is 0. The van der Waals surface area contributed by atoms with E-state index in [1.807, 2.05) is 0 Å². The van der Waals surface area contributed by atoms with E-state index in [-0.39, 0.29) is 11.9 Å². The van der Waals surface area contributed by atoms with Crippen molar-refractivity contribution < 1.29 is 14.9 Å². The van der Waals surface area contributed by atoms with E-state index in [0.717, 1.165) is 19.3 Å². The first kappa shape index (κ1) is 18.0. The van der Waals surface area contributed by atoms with E-state index < -0.39 is 24.5 Å². The van der Waals surface area contributed by atoms with Gasteiger partial charge in [0.1, 0.15) is 24.1 Å². The van der Waals surface area contributed by atoms with E-state index in [2.05, 4.69) is 15.0 Å². The Labute approximate surface area is 145 Å². The number of rotatable bonds is 7. The van der Waals surface area contributed by atoms with Crippen molar-refractivity contribution in [3.05, 3.63) is 12.7 Å². The fourth-order valence-corrected chi connectivity index (χ4v) is 3.18. The Kier molecular flexibility index (Phi) is 5.45. The number of hydrogen-bond donors (Lipinski definition) is 5. The monoisotopic (exact) mass is 351 g/mol. The van der Waals surface area contributed by atoms with Crippen molar-refractivity contribution in [1.29, 1.82) is 0 Å². The Hall–Kier alpha value is -1.85. The van der Waals surface area contributed by atoms with E-state index in [1.54, 1.807) is 4.57 Å². The van der Waals surface area contributed by atoms with Gasteiger partial charge in [0.15, 0.2) is 17.7 Å². The van der Waals surface area contributed by atoms with Crippen molar-refractivity contribution >= 4 is 17.0 Å². The van der Waals surface area contributed by atoms with Crippen LogP contribution >= 0.6 is 0 Å². The van der Waals surface area contributed by atoms with E-state index in [1.165, 1.54) is 12.7 Å². The number of ether oxygens (including phenoxy) is 1. The summed E-state index contributed by atoms with van der Waals surface area (Å²) in [7, 11) is 0. The molecule has 8 N–H and O–H groups in total. The van der Waals surface area contributed by atoms with Gasteiger partial charge in [0.05, 0.1) is 12.4 Å². The number of nitrogens with zero attached hydrogens (tertiary/aromatic N) is 4. The SMILES string of the molecule is NCCCC[C@@H](N)C[C@H]1O[C@@H](n2cnc3c(N)ncnc32)[C@H](O)[C@@H]1O. The summed E-state index contributed by atoms with van der Waals surface area (Å²) in [6.45, 7) is 0.634. The first-order valence-corrected chi connectivity index (χ1v) is 8.43. The number of nitrogens with two attached hydrogens (primary N) is 3. The third-order valence-corrected chi connectivity index (χ3v) is 4.56. The molecular weight excluding hydrogens is 326 g/mol. The number of anilines is 1. The van der Waals surface area contributed by atoms with Gasteiger partial charge in [-0.1, -0.05) is 6.42 Å². The molecular formula is C15H25N7O3. The maximum absolute atomic E-state index is 10.4. The second kappa shape index (κ2) is 7.58. The first-order chi connectivity index (χ1) is 12.0. The molecule has 3 heterocycles. The smallest absolute Gasteiger partial charge is 0.167 e. The predicted molar refractivity (Wildman–Crippen MR) is 91.2 cm³/mol. The molecule has 0 spiro atoms. The first-order valence-electron chi connectivity index (χ1n) is 8.43. The lowest BCUT2D eigenvalue weighted by Gasteiger charge is -2.19. The normalized spacial score (nSPS) is 27.8. The van der Waals surface area contributed by atoms with Crippen LogP contribution in [0.1, 0.15) is 31.9 Å². The Morgan fingerprint density at radius 2 is 2.00 bits per heavy atom. The van der Waals surface area contributed by atoms with Crippen LogP contribution in [0, 0.1) is 0 Å². The third kappa shape index (κ3) is 3.58. The number of hydrogen-bond acceptors (Lipinski definition) is 9. The van der Waals surface area contributed by atoms with Crippen LogP contribution in [-0.2, 0) is 4.74 Å². The van der Waals surface area contributed by atoms with Gasteiger partial charge in [0.25, 0.3) is 0 Å². The molecule has 10 nitrogen and oxygen atoms in total. The molecule has 25 heavy (non-hydrogen) atoms. The predicted octanol–water partition coefficient (Wildman–Crippen LogP) is -1.13. The molecule has 0 aliphatic carbocycles. The third-order valence-electron chi connectivity index (χ3n) is 4.56. The van der Waals surface area contributed by atoms with Gasteiger partial charge in [-0.15, -0.1) is 0 Å². The van der Waals surface area contributed by atoms with E-state index >= 15 is 0 Å². The Morgan fingerprint density at radius 3 is 2.76 bits per heavy atom. The molecule has 1 aliphatic heterocycles. The van der Waals surface area contributed by atoms with Crippen LogP contribution in [0.3, 0.4) is 0 Å². The second-order valence-corrected chi connectivity index (χ2v) is 6.41. The summed E-state index contributed by atoms with van der Waals surface area (Å²) < 4.78 is 7.43. The van der Waals surface area contributed by atoms with Gasteiger partial charge in [0.2, 0.25) is 0 Å². The maximum atomic E-state index is 10.4. The summed E-state index contributed by atoms with van der Waals surface area (Å²) in [5.41, 5.74) is 18.2. The van der Waals surface area contributed by atoms with E-state index in [4.69, 9.17) is 21.9 Å². The Morgan fingerprint density at radius 1 is 1.20 bits per heavy atom. The quantitative estimate of drug-likeness (QED) is 0.387. The molecule has 0 saturated carbocycles. The average molecular weight is 351 g/mol. The molecule has 2 aromatic heterocycles. The summed E-state index contributed by atoms with van der Waals surface area (Å²) in [6, 6.07) is -0.130. The standard InChI is InChI=1S/C15H25N7O3/c16-4-2-1-3-8(17)5-9-11(23)12(24)15(25-9)22-7-21-10-13(18)19-6-20-14(10)22/h6-9,11-12,15,23-24H,1-5,16-17H2,(H2,18,19,20)/t8-,9-,11-,12-,15-/m1/s1. The zero-order valence-corrected chi connectivity index (χ0v) is 13.9. The molecule has 1 saturated heterocycles. The average Bonchev–Trinajstić information content (AvgIpc) is 3.13. The molecule has 2 aromatic rings. The van der Waals surface area contributed by atoms with Crippen LogP contribution < -0.4 is 17.2 Å². The highest BCUT2D eigenvalue weighted by Crippen LogP contribution is 2.33. The lowest BCUT2D eigenvalue weighted by Crippen LogP contribution is -2.35. The van der Waals surface area contributed by atoms with Gasteiger partial charge in [-0.25, -0.2) is 15.0 Å². The number of nitrogen functional groups attached to an aromatic ring is 1. The molecule has 138 valence electrons. The highest BCUT2D eigenvalue weighted by atomic mass is 16.6. The lowest BCUT2D eigenvalue weighted by atomic mass is 10.00. The van der Waals surface area contributed by atoms with Crippen LogP contribution in [0.2, 0.25) is 0 Å². The number of fused-ring (bicyclic) bond motifs is 1. The summed E-state index contributed by atoms with van der Waals surface area (Å²) in [5, 5.41) is 20.7. The van der Waals surface area contributed by atoms with Crippen LogP contribution in [0.15, 0.2) is 12.7 Å². The number of aliphatic hydroxyl groups is 2. The molecule has 0 aromatic carbocycles. The minimum absolute atomic E-state index is 0.130. The van der Waals surface area contributed by atoms with E-state index in [9.17, 15) is 10.2 Å². The molecule has 0 amide bonds. The van der Waals surface area contributed by atoms with Gasteiger partial charge in [0, 0.05) is 6.04 Å².